The molecule has 2 aromatic rings. The number of carbonyl (C=O) groups is 1. The number of rotatable bonds is 6. The number of anilines is 1. The van der Waals surface area contributed by atoms with E-state index in [2.05, 4.69) is 27.9 Å². The highest BCUT2D eigenvalue weighted by Gasteiger charge is 2.11. The smallest absolute Gasteiger partial charge is 0.266 e. The van der Waals surface area contributed by atoms with Crippen LogP contribution in [0.5, 0.6) is 11.5 Å². The number of nitriles is 1. The van der Waals surface area contributed by atoms with E-state index in [4.69, 9.17) is 9.47 Å². The number of methoxy groups -OCH3 is 1. The monoisotopic (exact) mass is 448 g/mol. The maximum absolute atomic E-state index is 12.3. The Hall–Kier alpha value is -2.53. The highest BCUT2D eigenvalue weighted by atomic mass is 127. The van der Waals surface area contributed by atoms with Gasteiger partial charge in [-0.3, -0.25) is 4.79 Å². The molecule has 0 aliphatic carbocycles. The van der Waals surface area contributed by atoms with Gasteiger partial charge in [0.25, 0.3) is 5.91 Å². The second-order valence-electron chi connectivity index (χ2n) is 4.98. The van der Waals surface area contributed by atoms with Crippen molar-refractivity contribution >= 4 is 40.3 Å². The predicted molar refractivity (Wildman–Crippen MR) is 106 cm³/mol. The summed E-state index contributed by atoms with van der Waals surface area (Å²) in [6.07, 6.45) is 1.55. The van der Waals surface area contributed by atoms with Gasteiger partial charge >= 0.3 is 0 Å². The number of carbonyl (C=O) groups excluding carboxylic acids is 1. The largest absolute Gasteiger partial charge is 0.497 e. The van der Waals surface area contributed by atoms with Crippen LogP contribution < -0.4 is 14.8 Å². The summed E-state index contributed by atoms with van der Waals surface area (Å²) in [4.78, 5) is 12.3. The zero-order valence-corrected chi connectivity index (χ0v) is 16.0. The van der Waals surface area contributed by atoms with E-state index in [0.717, 1.165) is 14.9 Å². The average molecular weight is 448 g/mol. The van der Waals surface area contributed by atoms with Crippen molar-refractivity contribution in [3.05, 3.63) is 57.2 Å². The molecule has 0 saturated carbocycles. The maximum Gasteiger partial charge on any atom is 0.266 e. The first-order chi connectivity index (χ1) is 12.1. The van der Waals surface area contributed by atoms with E-state index in [1.165, 1.54) is 0 Å². The van der Waals surface area contributed by atoms with E-state index >= 15 is 0 Å². The van der Waals surface area contributed by atoms with Gasteiger partial charge in [0.1, 0.15) is 23.1 Å². The lowest BCUT2D eigenvalue weighted by Crippen LogP contribution is -2.13. The average Bonchev–Trinajstić information content (AvgIpc) is 2.62. The van der Waals surface area contributed by atoms with E-state index in [9.17, 15) is 10.1 Å². The molecule has 5 nitrogen and oxygen atoms in total. The maximum atomic E-state index is 12.3. The molecule has 6 heteroatoms. The molecule has 2 aromatic carbocycles. The van der Waals surface area contributed by atoms with Crippen molar-refractivity contribution in [3.8, 4) is 17.6 Å². The SMILES string of the molecule is CCOc1ccc(/C=C(\C#N)C(=O)Nc2cccc(OC)c2)cc1I. The number of halogens is 1. The van der Waals surface area contributed by atoms with Crippen LogP contribution in [0.3, 0.4) is 0 Å². The minimum absolute atomic E-state index is 0.0165. The molecule has 1 amide bonds. The van der Waals surface area contributed by atoms with Crippen LogP contribution in [-0.4, -0.2) is 19.6 Å². The molecular formula is C19H17IN2O3. The molecule has 0 atom stereocenters. The van der Waals surface area contributed by atoms with Crippen LogP contribution in [0.4, 0.5) is 5.69 Å². The molecular weight excluding hydrogens is 431 g/mol. The second kappa shape index (κ2) is 9.08. The summed E-state index contributed by atoms with van der Waals surface area (Å²) < 4.78 is 11.5. The second-order valence-corrected chi connectivity index (χ2v) is 6.14. The lowest BCUT2D eigenvalue weighted by Gasteiger charge is -2.08. The van der Waals surface area contributed by atoms with Crippen LogP contribution >= 0.6 is 22.6 Å². The van der Waals surface area contributed by atoms with Gasteiger partial charge in [-0.05, 0) is 65.4 Å². The van der Waals surface area contributed by atoms with Gasteiger partial charge in [0.2, 0.25) is 0 Å². The van der Waals surface area contributed by atoms with Gasteiger partial charge in [0.05, 0.1) is 17.3 Å². The summed E-state index contributed by atoms with van der Waals surface area (Å²) in [6.45, 7) is 2.50. The third-order valence-electron chi connectivity index (χ3n) is 3.26. The van der Waals surface area contributed by atoms with Crippen LogP contribution in [0.1, 0.15) is 12.5 Å². The zero-order valence-electron chi connectivity index (χ0n) is 13.9. The molecule has 0 unspecified atom stereocenters. The van der Waals surface area contributed by atoms with Crippen LogP contribution in [0.25, 0.3) is 6.08 Å². The minimum atomic E-state index is -0.473. The molecule has 0 saturated heterocycles. The predicted octanol–water partition coefficient (Wildman–Crippen LogP) is 4.24. The summed E-state index contributed by atoms with van der Waals surface area (Å²) in [6, 6.07) is 14.4. The number of amides is 1. The van der Waals surface area contributed by atoms with E-state index in [0.29, 0.717) is 18.0 Å². The third kappa shape index (κ3) is 5.22. The number of hydrogen-bond donors (Lipinski definition) is 1. The van der Waals surface area contributed by atoms with E-state index < -0.39 is 5.91 Å². The van der Waals surface area contributed by atoms with Crippen LogP contribution in [-0.2, 0) is 4.79 Å². The van der Waals surface area contributed by atoms with Gasteiger partial charge in [-0.2, -0.15) is 5.26 Å². The Morgan fingerprint density at radius 3 is 2.76 bits per heavy atom. The Kier molecular flexibility index (Phi) is 6.83. The first kappa shape index (κ1) is 18.8. The van der Waals surface area contributed by atoms with Gasteiger partial charge in [0.15, 0.2) is 0 Å². The Bertz CT molecular complexity index is 841. The fourth-order valence-electron chi connectivity index (χ4n) is 2.09. The minimum Gasteiger partial charge on any atom is -0.497 e. The fraction of sp³-hybridized carbons (Fsp3) is 0.158. The molecule has 0 bridgehead atoms. The van der Waals surface area contributed by atoms with Crippen molar-refractivity contribution in [1.82, 2.24) is 0 Å². The molecule has 0 spiro atoms. The Labute approximate surface area is 160 Å². The normalized spacial score (nSPS) is 10.7. The quantitative estimate of drug-likeness (QED) is 0.408. The van der Waals surface area contributed by atoms with Crippen LogP contribution in [0.15, 0.2) is 48.0 Å². The van der Waals surface area contributed by atoms with Gasteiger partial charge in [-0.25, -0.2) is 0 Å². The Morgan fingerprint density at radius 1 is 1.32 bits per heavy atom. The van der Waals surface area contributed by atoms with E-state index in [1.54, 1.807) is 37.5 Å². The van der Waals surface area contributed by atoms with Crippen LogP contribution in [0, 0.1) is 14.9 Å². The standard InChI is InChI=1S/C19H17IN2O3/c1-3-25-18-8-7-13(10-17(18)20)9-14(12-21)19(23)22-15-5-4-6-16(11-15)24-2/h4-11H,3H2,1-2H3,(H,22,23)/b14-9+. The highest BCUT2D eigenvalue weighted by molar-refractivity contribution is 14.1. The number of benzene rings is 2. The lowest BCUT2D eigenvalue weighted by atomic mass is 10.1. The summed E-state index contributed by atoms with van der Waals surface area (Å²) in [5, 5.41) is 12.0. The van der Waals surface area contributed by atoms with Gasteiger partial charge in [-0.15, -0.1) is 0 Å². The topological polar surface area (TPSA) is 71.3 Å². The zero-order chi connectivity index (χ0) is 18.2. The summed E-state index contributed by atoms with van der Waals surface area (Å²) in [5.74, 6) is 0.931. The lowest BCUT2D eigenvalue weighted by molar-refractivity contribution is -0.112. The molecule has 25 heavy (non-hydrogen) atoms. The highest BCUT2D eigenvalue weighted by Crippen LogP contribution is 2.23. The number of nitrogens with one attached hydrogen (secondary N) is 1. The van der Waals surface area contributed by atoms with Crippen molar-refractivity contribution < 1.29 is 14.3 Å². The van der Waals surface area contributed by atoms with Gasteiger partial charge in [-0.1, -0.05) is 12.1 Å². The number of ether oxygens (including phenoxy) is 2. The van der Waals surface area contributed by atoms with E-state index in [-0.39, 0.29) is 5.57 Å². The fourth-order valence-corrected chi connectivity index (χ4v) is 2.79. The van der Waals surface area contributed by atoms with Crippen molar-refractivity contribution in [3.63, 3.8) is 0 Å². The molecule has 1 N–H and O–H groups in total. The number of nitrogens with zero attached hydrogens (tertiary/aromatic N) is 1. The molecule has 0 aliphatic rings. The first-order valence-corrected chi connectivity index (χ1v) is 8.64. The summed E-state index contributed by atoms with van der Waals surface area (Å²) in [5.41, 5.74) is 1.33. The van der Waals surface area contributed by atoms with Gasteiger partial charge < -0.3 is 14.8 Å². The molecule has 0 aromatic heterocycles. The Morgan fingerprint density at radius 2 is 2.12 bits per heavy atom. The molecule has 0 fully saturated rings. The van der Waals surface area contributed by atoms with E-state index in [1.807, 2.05) is 31.2 Å². The molecule has 2 rings (SSSR count). The van der Waals surface area contributed by atoms with Crippen molar-refractivity contribution in [2.45, 2.75) is 6.92 Å². The molecule has 0 aliphatic heterocycles. The van der Waals surface area contributed by atoms with Crippen molar-refractivity contribution in [2.24, 2.45) is 0 Å². The molecule has 0 heterocycles. The first-order valence-electron chi connectivity index (χ1n) is 7.57. The van der Waals surface area contributed by atoms with Crippen molar-refractivity contribution in [2.75, 3.05) is 19.0 Å². The third-order valence-corrected chi connectivity index (χ3v) is 4.10. The summed E-state index contributed by atoms with van der Waals surface area (Å²) >= 11 is 2.16. The molecule has 128 valence electrons. The Balaban J connectivity index is 2.20. The number of hydrogen-bond acceptors (Lipinski definition) is 4. The van der Waals surface area contributed by atoms with Crippen molar-refractivity contribution in [1.29, 1.82) is 5.26 Å². The van der Waals surface area contributed by atoms with Crippen LogP contribution in [0.2, 0.25) is 0 Å². The summed E-state index contributed by atoms with van der Waals surface area (Å²) in [7, 11) is 1.55. The molecule has 0 radical (unpaired) electrons. The van der Waals surface area contributed by atoms with Gasteiger partial charge in [0, 0.05) is 11.8 Å².